The van der Waals surface area contributed by atoms with Gasteiger partial charge in [0.25, 0.3) is 0 Å². The SMILES string of the molecule is C/C=C1\C(=O)COC1=O. The standard InChI is InChI=1S/C6H6O3/c1-2-4-5(7)3-9-6(4)8/h2H,3H2,1H3/b4-2+. The molecule has 0 aromatic carbocycles. The summed E-state index contributed by atoms with van der Waals surface area (Å²) < 4.78 is 4.41. The number of carbonyl (C=O) groups is 2. The highest BCUT2D eigenvalue weighted by Gasteiger charge is 2.26. The number of hydrogen-bond acceptors (Lipinski definition) is 3. The lowest BCUT2D eigenvalue weighted by Crippen LogP contribution is -1.99. The average Bonchev–Trinajstić information content (AvgIpc) is 2.12. The van der Waals surface area contributed by atoms with Gasteiger partial charge in [0.2, 0.25) is 5.78 Å². The number of esters is 1. The van der Waals surface area contributed by atoms with Crippen LogP contribution < -0.4 is 0 Å². The van der Waals surface area contributed by atoms with Crippen molar-refractivity contribution >= 4 is 11.8 Å². The molecular weight excluding hydrogens is 120 g/mol. The minimum atomic E-state index is -0.498. The van der Waals surface area contributed by atoms with E-state index in [0.717, 1.165) is 0 Å². The third kappa shape index (κ3) is 0.850. The molecule has 0 N–H and O–H groups in total. The number of carbonyl (C=O) groups excluding carboxylic acids is 2. The Kier molecular flexibility index (Phi) is 1.34. The van der Waals surface area contributed by atoms with Crippen LogP contribution in [0.25, 0.3) is 0 Å². The summed E-state index contributed by atoms with van der Waals surface area (Å²) in [5.41, 5.74) is 0.176. The van der Waals surface area contributed by atoms with Gasteiger partial charge in [-0.05, 0) is 6.92 Å². The fourth-order valence-corrected chi connectivity index (χ4v) is 0.679. The van der Waals surface area contributed by atoms with Crippen LogP contribution in [0.3, 0.4) is 0 Å². The molecule has 1 rings (SSSR count). The molecule has 3 nitrogen and oxygen atoms in total. The second-order valence-electron chi connectivity index (χ2n) is 1.70. The van der Waals surface area contributed by atoms with Gasteiger partial charge >= 0.3 is 5.97 Å². The summed E-state index contributed by atoms with van der Waals surface area (Å²) in [5.74, 6) is -0.718. The van der Waals surface area contributed by atoms with Crippen LogP contribution in [0.5, 0.6) is 0 Å². The van der Waals surface area contributed by atoms with Crippen molar-refractivity contribution < 1.29 is 14.3 Å². The summed E-state index contributed by atoms with van der Waals surface area (Å²) in [7, 11) is 0. The minimum Gasteiger partial charge on any atom is -0.454 e. The maximum absolute atomic E-state index is 10.6. The van der Waals surface area contributed by atoms with Crippen molar-refractivity contribution in [3.05, 3.63) is 11.6 Å². The number of hydrogen-bond donors (Lipinski definition) is 0. The Balaban J connectivity index is 2.91. The molecule has 1 aliphatic rings. The van der Waals surface area contributed by atoms with Gasteiger partial charge in [-0.3, -0.25) is 4.79 Å². The predicted octanol–water partition coefficient (Wildman–Crippen LogP) is 0.0586. The van der Waals surface area contributed by atoms with Crippen LogP contribution in [-0.4, -0.2) is 18.4 Å². The summed E-state index contributed by atoms with van der Waals surface area (Å²) in [6.07, 6.45) is 1.47. The van der Waals surface area contributed by atoms with Crippen LogP contribution >= 0.6 is 0 Å². The molecule has 0 atom stereocenters. The molecule has 48 valence electrons. The van der Waals surface area contributed by atoms with Gasteiger partial charge in [0.15, 0.2) is 6.61 Å². The summed E-state index contributed by atoms with van der Waals surface area (Å²) in [4.78, 5) is 21.1. The van der Waals surface area contributed by atoms with Crippen LogP contribution in [0.4, 0.5) is 0 Å². The molecule has 0 bridgehead atoms. The van der Waals surface area contributed by atoms with E-state index in [2.05, 4.69) is 4.74 Å². The molecule has 0 saturated carbocycles. The van der Waals surface area contributed by atoms with Crippen LogP contribution in [0, 0.1) is 0 Å². The molecule has 1 heterocycles. The number of Topliss-reactive ketones (excluding diaryl/α,β-unsaturated/α-hetero) is 1. The van der Waals surface area contributed by atoms with Gasteiger partial charge in [0, 0.05) is 0 Å². The Morgan fingerprint density at radius 3 is 2.44 bits per heavy atom. The van der Waals surface area contributed by atoms with Gasteiger partial charge in [-0.2, -0.15) is 0 Å². The monoisotopic (exact) mass is 126 g/mol. The van der Waals surface area contributed by atoms with Gasteiger partial charge in [0.1, 0.15) is 5.57 Å². The number of rotatable bonds is 0. The van der Waals surface area contributed by atoms with E-state index < -0.39 is 5.97 Å². The molecule has 1 aliphatic heterocycles. The van der Waals surface area contributed by atoms with E-state index in [1.165, 1.54) is 6.08 Å². The summed E-state index contributed by atoms with van der Waals surface area (Å²) in [6, 6.07) is 0. The predicted molar refractivity (Wildman–Crippen MR) is 29.7 cm³/mol. The number of cyclic esters (lactones) is 1. The van der Waals surface area contributed by atoms with Gasteiger partial charge in [0.05, 0.1) is 0 Å². The molecule has 0 aromatic rings. The van der Waals surface area contributed by atoms with Gasteiger partial charge in [-0.15, -0.1) is 0 Å². The van der Waals surface area contributed by atoms with Crippen LogP contribution in [0.1, 0.15) is 6.92 Å². The smallest absolute Gasteiger partial charge is 0.342 e. The highest BCUT2D eigenvalue weighted by molar-refractivity contribution is 6.21. The third-order valence-electron chi connectivity index (χ3n) is 1.14. The zero-order valence-corrected chi connectivity index (χ0v) is 5.01. The first-order chi connectivity index (χ1) is 4.25. The zero-order valence-electron chi connectivity index (χ0n) is 5.01. The number of ether oxygens (including phenoxy) is 1. The molecule has 0 aromatic heterocycles. The Morgan fingerprint density at radius 1 is 1.56 bits per heavy atom. The van der Waals surface area contributed by atoms with Crippen molar-refractivity contribution in [1.29, 1.82) is 0 Å². The average molecular weight is 126 g/mol. The van der Waals surface area contributed by atoms with Crippen LogP contribution in [0.2, 0.25) is 0 Å². The topological polar surface area (TPSA) is 43.4 Å². The van der Waals surface area contributed by atoms with Crippen LogP contribution in [0.15, 0.2) is 11.6 Å². The van der Waals surface area contributed by atoms with Crippen molar-refractivity contribution in [1.82, 2.24) is 0 Å². The molecule has 3 heteroatoms. The molecule has 1 fully saturated rings. The van der Waals surface area contributed by atoms with Crippen molar-refractivity contribution in [3.8, 4) is 0 Å². The maximum Gasteiger partial charge on any atom is 0.342 e. The molecular formula is C6H6O3. The molecule has 0 spiro atoms. The molecule has 0 radical (unpaired) electrons. The lowest BCUT2D eigenvalue weighted by Gasteiger charge is -1.82. The fraction of sp³-hybridized carbons (Fsp3) is 0.333. The van der Waals surface area contributed by atoms with E-state index in [1.807, 2.05) is 0 Å². The molecule has 0 unspecified atom stereocenters. The van der Waals surface area contributed by atoms with E-state index in [0.29, 0.717) is 0 Å². The first kappa shape index (κ1) is 6.01. The Labute approximate surface area is 52.3 Å². The van der Waals surface area contributed by atoms with Gasteiger partial charge in [-0.25, -0.2) is 4.79 Å². The fourth-order valence-electron chi connectivity index (χ4n) is 0.679. The lowest BCUT2D eigenvalue weighted by molar-refractivity contribution is -0.135. The first-order valence-corrected chi connectivity index (χ1v) is 2.62. The van der Waals surface area contributed by atoms with E-state index in [9.17, 15) is 9.59 Å². The van der Waals surface area contributed by atoms with E-state index in [4.69, 9.17) is 0 Å². The number of ketones is 1. The summed E-state index contributed by atoms with van der Waals surface area (Å²) in [6.45, 7) is 1.55. The quantitative estimate of drug-likeness (QED) is 0.262. The normalized spacial score (nSPS) is 23.0. The number of allylic oxidation sites excluding steroid dienone is 1. The molecule has 1 saturated heterocycles. The Hall–Kier alpha value is -1.12. The Morgan fingerprint density at radius 2 is 2.22 bits per heavy atom. The minimum absolute atomic E-state index is 0.0848. The van der Waals surface area contributed by atoms with Crippen molar-refractivity contribution in [2.75, 3.05) is 6.61 Å². The summed E-state index contributed by atoms with van der Waals surface area (Å²) >= 11 is 0. The van der Waals surface area contributed by atoms with Gasteiger partial charge in [-0.1, -0.05) is 6.08 Å². The highest BCUT2D eigenvalue weighted by atomic mass is 16.5. The zero-order chi connectivity index (χ0) is 6.85. The molecule has 9 heavy (non-hydrogen) atoms. The highest BCUT2D eigenvalue weighted by Crippen LogP contribution is 2.07. The van der Waals surface area contributed by atoms with E-state index in [1.54, 1.807) is 6.92 Å². The maximum atomic E-state index is 10.6. The second kappa shape index (κ2) is 2.01. The largest absolute Gasteiger partial charge is 0.454 e. The van der Waals surface area contributed by atoms with Crippen molar-refractivity contribution in [2.24, 2.45) is 0 Å². The van der Waals surface area contributed by atoms with Gasteiger partial charge < -0.3 is 4.74 Å². The first-order valence-electron chi connectivity index (χ1n) is 2.62. The second-order valence-corrected chi connectivity index (χ2v) is 1.70. The Bertz CT molecular complexity index is 172. The lowest BCUT2D eigenvalue weighted by atomic mass is 10.2. The molecule has 0 aliphatic carbocycles. The van der Waals surface area contributed by atoms with Crippen LogP contribution in [-0.2, 0) is 14.3 Å². The van der Waals surface area contributed by atoms with E-state index in [-0.39, 0.29) is 18.0 Å². The molecule has 0 amide bonds. The van der Waals surface area contributed by atoms with Crippen molar-refractivity contribution in [3.63, 3.8) is 0 Å². The summed E-state index contributed by atoms with van der Waals surface area (Å²) in [5, 5.41) is 0. The van der Waals surface area contributed by atoms with E-state index >= 15 is 0 Å². The third-order valence-corrected chi connectivity index (χ3v) is 1.14. The van der Waals surface area contributed by atoms with Crippen molar-refractivity contribution in [2.45, 2.75) is 6.92 Å².